The van der Waals surface area contributed by atoms with Crippen molar-refractivity contribution < 1.29 is 17.9 Å². The number of aryl methyl sites for hydroxylation is 1. The molecule has 7 heteroatoms. The van der Waals surface area contributed by atoms with Crippen LogP contribution in [0, 0.1) is 6.92 Å². The maximum atomic E-state index is 12.3. The third-order valence-corrected chi connectivity index (χ3v) is 4.17. The Morgan fingerprint density at radius 1 is 1.05 bits per heavy atom. The van der Waals surface area contributed by atoms with E-state index in [1.54, 1.807) is 18.3 Å². The van der Waals surface area contributed by atoms with Gasteiger partial charge in [-0.2, -0.15) is 0 Å². The van der Waals surface area contributed by atoms with Crippen LogP contribution in [0.5, 0.6) is 11.5 Å². The predicted molar refractivity (Wildman–Crippen MR) is 79.3 cm³/mol. The van der Waals surface area contributed by atoms with Crippen LogP contribution in [-0.4, -0.2) is 27.6 Å². The fourth-order valence-electron chi connectivity index (χ4n) is 1.71. The lowest BCUT2D eigenvalue weighted by Crippen LogP contribution is -2.14. The first kappa shape index (κ1) is 15.1. The second-order valence-electron chi connectivity index (χ2n) is 4.34. The van der Waals surface area contributed by atoms with E-state index in [-0.39, 0.29) is 10.7 Å². The molecule has 0 spiro atoms. The molecule has 1 heterocycles. The van der Waals surface area contributed by atoms with Gasteiger partial charge in [-0.25, -0.2) is 13.4 Å². The highest BCUT2D eigenvalue weighted by atomic mass is 32.2. The zero-order chi connectivity index (χ0) is 15.5. The summed E-state index contributed by atoms with van der Waals surface area (Å²) in [6.45, 7) is 1.87. The highest BCUT2D eigenvalue weighted by molar-refractivity contribution is 7.92. The van der Waals surface area contributed by atoms with Crippen LogP contribution in [0.25, 0.3) is 0 Å². The molecule has 1 aromatic heterocycles. The van der Waals surface area contributed by atoms with Gasteiger partial charge < -0.3 is 9.47 Å². The number of hydrogen-bond donors (Lipinski definition) is 1. The van der Waals surface area contributed by atoms with Crippen LogP contribution in [0.1, 0.15) is 5.56 Å². The Balaban J connectivity index is 2.33. The molecule has 112 valence electrons. The molecule has 1 aromatic carbocycles. The van der Waals surface area contributed by atoms with E-state index in [0.29, 0.717) is 11.5 Å². The van der Waals surface area contributed by atoms with Gasteiger partial charge in [-0.1, -0.05) is 6.07 Å². The number of rotatable bonds is 5. The average Bonchev–Trinajstić information content (AvgIpc) is 2.48. The van der Waals surface area contributed by atoms with Gasteiger partial charge in [0.25, 0.3) is 10.0 Å². The zero-order valence-electron chi connectivity index (χ0n) is 12.0. The van der Waals surface area contributed by atoms with Crippen LogP contribution >= 0.6 is 0 Å². The normalized spacial score (nSPS) is 11.0. The number of anilines is 1. The molecule has 0 radical (unpaired) electrons. The van der Waals surface area contributed by atoms with E-state index >= 15 is 0 Å². The standard InChI is InChI=1S/C14H16N2O4S/c1-10-4-7-14(15-9-10)16-21(17,18)11-5-6-12(19-2)13(8-11)20-3/h4-9H,1-3H3,(H,15,16). The number of sulfonamides is 1. The van der Waals surface area contributed by atoms with Gasteiger partial charge in [0.15, 0.2) is 11.5 Å². The number of benzene rings is 1. The van der Waals surface area contributed by atoms with Crippen LogP contribution in [0.2, 0.25) is 0 Å². The molecule has 2 rings (SSSR count). The number of nitrogens with zero attached hydrogens (tertiary/aromatic N) is 1. The van der Waals surface area contributed by atoms with Crippen molar-refractivity contribution in [1.82, 2.24) is 4.98 Å². The third kappa shape index (κ3) is 3.43. The smallest absolute Gasteiger partial charge is 0.263 e. The molecule has 0 aliphatic rings. The summed E-state index contributed by atoms with van der Waals surface area (Å²) in [5.74, 6) is 1.07. The summed E-state index contributed by atoms with van der Waals surface area (Å²) >= 11 is 0. The van der Waals surface area contributed by atoms with Crippen molar-refractivity contribution in [2.45, 2.75) is 11.8 Å². The van der Waals surface area contributed by atoms with Crippen molar-refractivity contribution in [2.75, 3.05) is 18.9 Å². The van der Waals surface area contributed by atoms with Crippen molar-refractivity contribution in [3.63, 3.8) is 0 Å². The van der Waals surface area contributed by atoms with Gasteiger partial charge in [0.1, 0.15) is 5.82 Å². The molecule has 6 nitrogen and oxygen atoms in total. The molecule has 2 aromatic rings. The largest absolute Gasteiger partial charge is 0.493 e. The van der Waals surface area contributed by atoms with Crippen LogP contribution < -0.4 is 14.2 Å². The van der Waals surface area contributed by atoms with E-state index in [4.69, 9.17) is 9.47 Å². The maximum Gasteiger partial charge on any atom is 0.263 e. The molecule has 0 bridgehead atoms. The first-order chi connectivity index (χ1) is 9.96. The minimum atomic E-state index is -3.73. The molecule has 1 N–H and O–H groups in total. The molecule has 0 atom stereocenters. The Kier molecular flexibility index (Phi) is 4.32. The maximum absolute atomic E-state index is 12.3. The molecule has 21 heavy (non-hydrogen) atoms. The number of hydrogen-bond acceptors (Lipinski definition) is 5. The van der Waals surface area contributed by atoms with Gasteiger partial charge >= 0.3 is 0 Å². The van der Waals surface area contributed by atoms with Crippen LogP contribution in [0.3, 0.4) is 0 Å². The van der Waals surface area contributed by atoms with Crippen molar-refractivity contribution in [2.24, 2.45) is 0 Å². The van der Waals surface area contributed by atoms with Crippen molar-refractivity contribution in [3.05, 3.63) is 42.1 Å². The number of ether oxygens (including phenoxy) is 2. The highest BCUT2D eigenvalue weighted by Crippen LogP contribution is 2.29. The van der Waals surface area contributed by atoms with Gasteiger partial charge in [0.2, 0.25) is 0 Å². The number of aromatic nitrogens is 1. The Morgan fingerprint density at radius 3 is 2.33 bits per heavy atom. The Hall–Kier alpha value is -2.28. The topological polar surface area (TPSA) is 77.5 Å². The second-order valence-corrected chi connectivity index (χ2v) is 6.03. The summed E-state index contributed by atoms with van der Waals surface area (Å²) in [4.78, 5) is 4.09. The van der Waals surface area contributed by atoms with Crippen molar-refractivity contribution >= 4 is 15.8 Å². The molecule has 0 saturated heterocycles. The average molecular weight is 308 g/mol. The lowest BCUT2D eigenvalue weighted by atomic mass is 10.3. The molecular weight excluding hydrogens is 292 g/mol. The fraction of sp³-hybridized carbons (Fsp3) is 0.214. The summed E-state index contributed by atoms with van der Waals surface area (Å²) < 4.78 is 37.2. The molecule has 0 aliphatic heterocycles. The van der Waals surface area contributed by atoms with E-state index in [1.807, 2.05) is 6.92 Å². The van der Waals surface area contributed by atoms with Crippen molar-refractivity contribution in [1.29, 1.82) is 0 Å². The van der Waals surface area contributed by atoms with Gasteiger partial charge in [-0.05, 0) is 30.7 Å². The van der Waals surface area contributed by atoms with E-state index in [9.17, 15) is 8.42 Å². The van der Waals surface area contributed by atoms with Crippen LogP contribution in [0.4, 0.5) is 5.82 Å². The van der Waals surface area contributed by atoms with Crippen molar-refractivity contribution in [3.8, 4) is 11.5 Å². The monoisotopic (exact) mass is 308 g/mol. The third-order valence-electron chi connectivity index (χ3n) is 2.82. The number of pyridine rings is 1. The Morgan fingerprint density at radius 2 is 1.76 bits per heavy atom. The zero-order valence-corrected chi connectivity index (χ0v) is 12.8. The Bertz CT molecular complexity index is 727. The van der Waals surface area contributed by atoms with E-state index in [2.05, 4.69) is 9.71 Å². The predicted octanol–water partition coefficient (Wildman–Crippen LogP) is 2.21. The lowest BCUT2D eigenvalue weighted by molar-refractivity contribution is 0.354. The first-order valence-electron chi connectivity index (χ1n) is 6.14. The van der Waals surface area contributed by atoms with Gasteiger partial charge in [0, 0.05) is 12.3 Å². The summed E-state index contributed by atoms with van der Waals surface area (Å²) in [6, 6.07) is 7.76. The van der Waals surface area contributed by atoms with Gasteiger partial charge in [-0.15, -0.1) is 0 Å². The molecule has 0 fully saturated rings. The number of methoxy groups -OCH3 is 2. The minimum Gasteiger partial charge on any atom is -0.493 e. The Labute approximate surface area is 123 Å². The lowest BCUT2D eigenvalue weighted by Gasteiger charge is -2.11. The molecule has 0 amide bonds. The summed E-state index contributed by atoms with van der Waals surface area (Å²) in [5, 5.41) is 0. The highest BCUT2D eigenvalue weighted by Gasteiger charge is 2.17. The second kappa shape index (κ2) is 6.01. The van der Waals surface area contributed by atoms with Crippen LogP contribution in [0.15, 0.2) is 41.4 Å². The minimum absolute atomic E-state index is 0.0718. The summed E-state index contributed by atoms with van der Waals surface area (Å²) in [5.41, 5.74) is 0.948. The van der Waals surface area contributed by atoms with E-state index < -0.39 is 10.0 Å². The quantitative estimate of drug-likeness (QED) is 0.916. The van der Waals surface area contributed by atoms with E-state index in [0.717, 1.165) is 5.56 Å². The SMILES string of the molecule is COc1ccc(S(=O)(=O)Nc2ccc(C)cn2)cc1OC. The molecule has 0 aliphatic carbocycles. The van der Waals surface area contributed by atoms with Gasteiger partial charge in [0.05, 0.1) is 19.1 Å². The molecular formula is C14H16N2O4S. The molecule has 0 unspecified atom stereocenters. The summed E-state index contributed by atoms with van der Waals surface area (Å²) in [6.07, 6.45) is 1.59. The first-order valence-corrected chi connectivity index (χ1v) is 7.62. The van der Waals surface area contributed by atoms with Gasteiger partial charge in [-0.3, -0.25) is 4.72 Å². The molecule has 0 saturated carbocycles. The van der Waals surface area contributed by atoms with E-state index in [1.165, 1.54) is 32.4 Å². The fourth-order valence-corrected chi connectivity index (χ4v) is 2.73. The summed E-state index contributed by atoms with van der Waals surface area (Å²) in [7, 11) is -0.798. The number of nitrogens with one attached hydrogen (secondary N) is 1. The van der Waals surface area contributed by atoms with Crippen LogP contribution in [-0.2, 0) is 10.0 Å².